The molecule has 10 nitrogen and oxygen atoms in total. The molecule has 1 aliphatic rings. The van der Waals surface area contributed by atoms with Gasteiger partial charge in [0.15, 0.2) is 0 Å². The van der Waals surface area contributed by atoms with Crippen LogP contribution in [0.1, 0.15) is 4.88 Å². The van der Waals surface area contributed by atoms with E-state index in [0.29, 0.717) is 31.9 Å². The number of rotatable bonds is 4. The van der Waals surface area contributed by atoms with Crippen LogP contribution >= 0.6 is 11.3 Å². The van der Waals surface area contributed by atoms with Crippen LogP contribution in [0.4, 0.5) is 22.9 Å². The van der Waals surface area contributed by atoms with Gasteiger partial charge in [-0.25, -0.2) is 9.97 Å². The Bertz CT molecular complexity index is 1080. The van der Waals surface area contributed by atoms with Crippen molar-refractivity contribution in [2.75, 3.05) is 36.0 Å². The minimum absolute atomic E-state index is 0.250. The molecule has 0 saturated carbocycles. The summed E-state index contributed by atoms with van der Waals surface area (Å²) in [5.41, 5.74) is -0.139. The first-order chi connectivity index (χ1) is 13.4. The van der Waals surface area contributed by atoms with E-state index >= 15 is 0 Å². The highest BCUT2D eigenvalue weighted by Crippen LogP contribution is 2.34. The van der Waals surface area contributed by atoms with Crippen LogP contribution in [-0.2, 0) is 0 Å². The normalized spacial score (nSPS) is 14.5. The van der Waals surface area contributed by atoms with Crippen LogP contribution in [0.2, 0.25) is 0 Å². The van der Waals surface area contributed by atoms with Crippen LogP contribution in [0.25, 0.3) is 10.2 Å². The van der Waals surface area contributed by atoms with Crippen LogP contribution in [0.5, 0.6) is 0 Å². The summed E-state index contributed by atoms with van der Waals surface area (Å²) in [5, 5.41) is 23.3. The highest BCUT2D eigenvalue weighted by atomic mass is 32.1. The summed E-state index contributed by atoms with van der Waals surface area (Å²) in [5.74, 6) is 0.868. The third kappa shape index (κ3) is 3.20. The molecule has 2 aromatic heterocycles. The van der Waals surface area contributed by atoms with Crippen LogP contribution < -0.4 is 9.80 Å². The van der Waals surface area contributed by atoms with Gasteiger partial charge in [0.05, 0.1) is 21.3 Å². The van der Waals surface area contributed by atoms with Crippen LogP contribution in [0.3, 0.4) is 0 Å². The molecule has 4 rings (SSSR count). The fourth-order valence-electron chi connectivity index (χ4n) is 3.41. The van der Waals surface area contributed by atoms with Crippen molar-refractivity contribution in [1.82, 2.24) is 9.97 Å². The molecule has 3 heterocycles. The van der Waals surface area contributed by atoms with E-state index in [1.165, 1.54) is 12.1 Å². The molecule has 0 atom stereocenters. The molecule has 144 valence electrons. The first-order valence-corrected chi connectivity index (χ1v) is 9.39. The number of benzene rings is 1. The monoisotopic (exact) mass is 400 g/mol. The summed E-state index contributed by atoms with van der Waals surface area (Å²) in [6, 6.07) is 5.85. The maximum atomic E-state index is 11.4. The van der Waals surface area contributed by atoms with Crippen molar-refractivity contribution in [2.45, 2.75) is 6.92 Å². The maximum absolute atomic E-state index is 11.4. The zero-order valence-electron chi connectivity index (χ0n) is 14.9. The predicted molar refractivity (Wildman–Crippen MR) is 106 cm³/mol. The molecule has 3 aromatic rings. The molecule has 1 fully saturated rings. The number of fused-ring (bicyclic) bond motifs is 1. The molecule has 0 amide bonds. The fraction of sp³-hybridized carbons (Fsp3) is 0.294. The zero-order chi connectivity index (χ0) is 19.8. The SMILES string of the molecule is Cc1cc2c(N3CCN(c4ccc([N+](=O)[O-])cc4[N+](=O)[O-])CC3)ncnc2s1. The standard InChI is InChI=1S/C17H16N6O4S/c1-11-8-13-16(18-10-19-17(13)28-11)21-6-4-20(5-7-21)14-3-2-12(22(24)25)9-15(14)23(26)27/h2-3,8-10H,4-7H2,1H3. The summed E-state index contributed by atoms with van der Waals surface area (Å²) >= 11 is 1.62. The average Bonchev–Trinajstić information content (AvgIpc) is 3.07. The van der Waals surface area contributed by atoms with Gasteiger partial charge in [-0.1, -0.05) is 0 Å². The van der Waals surface area contributed by atoms with E-state index in [9.17, 15) is 20.2 Å². The third-order valence-electron chi connectivity index (χ3n) is 4.72. The summed E-state index contributed by atoms with van der Waals surface area (Å²) < 4.78 is 0. The Balaban J connectivity index is 1.57. The second-order valence-corrected chi connectivity index (χ2v) is 7.67. The summed E-state index contributed by atoms with van der Waals surface area (Å²) in [4.78, 5) is 36.0. The van der Waals surface area contributed by atoms with Crippen LogP contribution in [0.15, 0.2) is 30.6 Å². The van der Waals surface area contributed by atoms with Crippen molar-refractivity contribution in [3.63, 3.8) is 0 Å². The van der Waals surface area contributed by atoms with Gasteiger partial charge >= 0.3 is 0 Å². The molecular weight excluding hydrogens is 384 g/mol. The van der Waals surface area contributed by atoms with Crippen molar-refractivity contribution in [2.24, 2.45) is 0 Å². The highest BCUT2D eigenvalue weighted by Gasteiger charge is 2.27. The van der Waals surface area contributed by atoms with Gasteiger partial charge in [0.25, 0.3) is 11.4 Å². The average molecular weight is 400 g/mol. The number of anilines is 2. The summed E-state index contributed by atoms with van der Waals surface area (Å²) in [6.07, 6.45) is 1.56. The van der Waals surface area contributed by atoms with Crippen molar-refractivity contribution < 1.29 is 9.85 Å². The lowest BCUT2D eigenvalue weighted by molar-refractivity contribution is -0.393. The second kappa shape index (κ2) is 7.00. The van der Waals surface area contributed by atoms with Gasteiger partial charge in [0.2, 0.25) is 0 Å². The van der Waals surface area contributed by atoms with Gasteiger partial charge in [0.1, 0.15) is 22.7 Å². The van der Waals surface area contributed by atoms with E-state index < -0.39 is 9.85 Å². The van der Waals surface area contributed by atoms with Crippen molar-refractivity contribution in [3.8, 4) is 0 Å². The number of piperazine rings is 1. The number of thiophene rings is 1. The molecular formula is C17H16N6O4S. The number of non-ortho nitro benzene ring substituents is 1. The Morgan fingerprint density at radius 3 is 2.39 bits per heavy atom. The van der Waals surface area contributed by atoms with E-state index in [-0.39, 0.29) is 11.4 Å². The molecule has 11 heteroatoms. The van der Waals surface area contributed by atoms with E-state index in [2.05, 4.69) is 20.9 Å². The lowest BCUT2D eigenvalue weighted by Crippen LogP contribution is -2.47. The molecule has 0 bridgehead atoms. The van der Waals surface area contributed by atoms with E-state index in [1.807, 2.05) is 11.8 Å². The topological polar surface area (TPSA) is 119 Å². The quantitative estimate of drug-likeness (QED) is 0.484. The number of nitrogens with zero attached hydrogens (tertiary/aromatic N) is 6. The highest BCUT2D eigenvalue weighted by molar-refractivity contribution is 7.18. The van der Waals surface area contributed by atoms with Gasteiger partial charge in [0, 0.05) is 37.1 Å². The van der Waals surface area contributed by atoms with Crippen molar-refractivity contribution in [3.05, 3.63) is 55.7 Å². The molecule has 0 unspecified atom stereocenters. The molecule has 0 spiro atoms. The fourth-order valence-corrected chi connectivity index (χ4v) is 4.26. The molecule has 1 aliphatic heterocycles. The molecule has 28 heavy (non-hydrogen) atoms. The van der Waals surface area contributed by atoms with Crippen molar-refractivity contribution >= 4 is 44.4 Å². The van der Waals surface area contributed by atoms with Crippen LogP contribution in [-0.4, -0.2) is 46.0 Å². The Labute approximate surface area is 163 Å². The largest absolute Gasteiger partial charge is 0.362 e. The van der Waals surface area contributed by atoms with Gasteiger partial charge in [-0.15, -0.1) is 11.3 Å². The number of nitro groups is 2. The summed E-state index contributed by atoms with van der Waals surface area (Å²) in [7, 11) is 0. The first-order valence-electron chi connectivity index (χ1n) is 8.58. The Hall–Kier alpha value is -3.34. The zero-order valence-corrected chi connectivity index (χ0v) is 15.8. The van der Waals surface area contributed by atoms with Gasteiger partial charge in [-0.2, -0.15) is 0 Å². The maximum Gasteiger partial charge on any atom is 0.299 e. The minimum Gasteiger partial charge on any atom is -0.362 e. The first kappa shape index (κ1) is 18.0. The molecule has 1 saturated heterocycles. The summed E-state index contributed by atoms with van der Waals surface area (Å²) in [6.45, 7) is 4.40. The lowest BCUT2D eigenvalue weighted by atomic mass is 10.2. The number of hydrogen-bond donors (Lipinski definition) is 0. The van der Waals surface area contributed by atoms with E-state index in [4.69, 9.17) is 0 Å². The second-order valence-electron chi connectivity index (χ2n) is 6.43. The van der Waals surface area contributed by atoms with E-state index in [1.54, 1.807) is 17.7 Å². The molecule has 1 aromatic carbocycles. The number of nitro benzene ring substituents is 2. The number of aromatic nitrogens is 2. The number of hydrogen-bond acceptors (Lipinski definition) is 9. The van der Waals surface area contributed by atoms with E-state index in [0.717, 1.165) is 27.0 Å². The van der Waals surface area contributed by atoms with Gasteiger partial charge < -0.3 is 9.80 Å². The Kier molecular flexibility index (Phi) is 4.51. The van der Waals surface area contributed by atoms with Crippen LogP contribution in [0, 0.1) is 27.2 Å². The molecule has 0 radical (unpaired) electrons. The van der Waals surface area contributed by atoms with Gasteiger partial charge in [-0.3, -0.25) is 20.2 Å². The van der Waals surface area contributed by atoms with Gasteiger partial charge in [-0.05, 0) is 19.1 Å². The number of aryl methyl sites for hydroxylation is 1. The smallest absolute Gasteiger partial charge is 0.299 e. The third-order valence-corrected chi connectivity index (χ3v) is 5.68. The predicted octanol–water partition coefficient (Wildman–Crippen LogP) is 3.14. The molecule has 0 aliphatic carbocycles. The lowest BCUT2D eigenvalue weighted by Gasteiger charge is -2.36. The minimum atomic E-state index is -0.627. The molecule has 0 N–H and O–H groups in total. The van der Waals surface area contributed by atoms with Crippen molar-refractivity contribution in [1.29, 1.82) is 0 Å². The Morgan fingerprint density at radius 2 is 1.71 bits per heavy atom. The Morgan fingerprint density at radius 1 is 1.00 bits per heavy atom.